The topological polar surface area (TPSA) is 58.6 Å². The van der Waals surface area contributed by atoms with E-state index in [1.807, 2.05) is 30.3 Å². The van der Waals surface area contributed by atoms with Gasteiger partial charge in [-0.2, -0.15) is 0 Å². The van der Waals surface area contributed by atoms with Crippen LogP contribution in [0.4, 0.5) is 0 Å². The van der Waals surface area contributed by atoms with Crippen LogP contribution in [0.5, 0.6) is 0 Å². The first kappa shape index (κ1) is 18.5. The molecule has 1 aliphatic heterocycles. The Morgan fingerprint density at radius 3 is 2.50 bits per heavy atom. The van der Waals surface area contributed by atoms with Crippen molar-refractivity contribution < 1.29 is 14.3 Å². The molecular formula is C19H28N2O3. The van der Waals surface area contributed by atoms with Gasteiger partial charge in [-0.3, -0.25) is 14.5 Å². The predicted octanol–water partition coefficient (Wildman–Crippen LogP) is 2.50. The van der Waals surface area contributed by atoms with E-state index >= 15 is 0 Å². The highest BCUT2D eigenvalue weighted by Crippen LogP contribution is 2.21. The van der Waals surface area contributed by atoms with Crippen LogP contribution in [0.3, 0.4) is 0 Å². The number of carbonyl (C=O) groups excluding carboxylic acids is 2. The lowest BCUT2D eigenvalue weighted by Gasteiger charge is -2.38. The van der Waals surface area contributed by atoms with Crippen molar-refractivity contribution >= 4 is 11.9 Å². The van der Waals surface area contributed by atoms with Crippen LogP contribution >= 0.6 is 0 Å². The van der Waals surface area contributed by atoms with E-state index in [1.165, 1.54) is 6.42 Å². The van der Waals surface area contributed by atoms with Crippen LogP contribution in [0.1, 0.15) is 45.1 Å². The van der Waals surface area contributed by atoms with Gasteiger partial charge in [0.2, 0.25) is 5.91 Å². The maximum absolute atomic E-state index is 12.1. The fraction of sp³-hybridized carbons (Fsp3) is 0.579. The monoisotopic (exact) mass is 333 g/mol. The first-order chi connectivity index (χ1) is 11.6. The molecule has 1 N–H and O–H groups in total. The third kappa shape index (κ3) is 5.96. The molecule has 5 nitrogen and oxygen atoms in total. The first-order valence-electron chi connectivity index (χ1n) is 8.78. The zero-order chi connectivity index (χ0) is 17.4. The number of likely N-dealkylation sites (tertiary alicyclic amines) is 1. The van der Waals surface area contributed by atoms with Crippen LogP contribution in [0.15, 0.2) is 30.3 Å². The van der Waals surface area contributed by atoms with Gasteiger partial charge in [0.05, 0.1) is 13.0 Å². The highest BCUT2D eigenvalue weighted by atomic mass is 16.5. The summed E-state index contributed by atoms with van der Waals surface area (Å²) in [4.78, 5) is 26.0. The maximum Gasteiger partial charge on any atom is 0.307 e. The molecule has 2 atom stereocenters. The minimum Gasteiger partial charge on any atom is -0.461 e. The molecule has 0 aliphatic carbocycles. The number of piperidine rings is 1. The van der Waals surface area contributed by atoms with Crippen molar-refractivity contribution in [3.8, 4) is 0 Å². The highest BCUT2D eigenvalue weighted by molar-refractivity contribution is 5.79. The summed E-state index contributed by atoms with van der Waals surface area (Å²) < 4.78 is 5.19. The van der Waals surface area contributed by atoms with Crippen molar-refractivity contribution in [2.75, 3.05) is 13.1 Å². The van der Waals surface area contributed by atoms with Crippen LogP contribution in [0.25, 0.3) is 0 Å². The highest BCUT2D eigenvalue weighted by Gasteiger charge is 2.26. The van der Waals surface area contributed by atoms with E-state index < -0.39 is 0 Å². The van der Waals surface area contributed by atoms with E-state index in [0.717, 1.165) is 18.4 Å². The minimum atomic E-state index is -0.293. The number of hydrogen-bond donors (Lipinski definition) is 1. The Balaban J connectivity index is 1.62. The molecule has 0 radical (unpaired) electrons. The Bertz CT molecular complexity index is 523. The summed E-state index contributed by atoms with van der Waals surface area (Å²) in [5, 5.41) is 2.82. The van der Waals surface area contributed by atoms with Crippen LogP contribution < -0.4 is 5.32 Å². The molecule has 0 bridgehead atoms. The fourth-order valence-corrected chi connectivity index (χ4v) is 3.12. The standard InChI is InChI=1S/C19H28N2O3/c1-15-7-6-8-16(2)21(15)13-18(22)20-12-11-19(23)24-14-17-9-4-3-5-10-17/h3-5,9-10,15-16H,6-8,11-14H2,1-2H3,(H,20,22)/i15+1. The largest absolute Gasteiger partial charge is 0.461 e. The van der Waals surface area contributed by atoms with Gasteiger partial charge in [0.25, 0.3) is 0 Å². The summed E-state index contributed by atoms with van der Waals surface area (Å²) in [6, 6.07) is 10.4. The average molecular weight is 333 g/mol. The Morgan fingerprint density at radius 2 is 1.83 bits per heavy atom. The summed E-state index contributed by atoms with van der Waals surface area (Å²) in [6.45, 7) is 5.34. The van der Waals surface area contributed by atoms with Crippen molar-refractivity contribution in [2.24, 2.45) is 0 Å². The molecule has 1 amide bonds. The van der Waals surface area contributed by atoms with Gasteiger partial charge in [0.15, 0.2) is 0 Å². The average Bonchev–Trinajstić information content (AvgIpc) is 2.57. The second-order valence-corrected chi connectivity index (χ2v) is 6.55. The van der Waals surface area contributed by atoms with Crippen LogP contribution in [0.2, 0.25) is 0 Å². The number of amides is 1. The molecule has 1 saturated heterocycles. The SMILES string of the molecule is CC1CCC[13CH](C)N1CC(=O)NCCC(=O)OCc1ccccc1. The van der Waals surface area contributed by atoms with E-state index in [4.69, 9.17) is 4.74 Å². The van der Waals surface area contributed by atoms with Crippen molar-refractivity contribution in [3.63, 3.8) is 0 Å². The number of nitrogens with zero attached hydrogens (tertiary/aromatic N) is 1. The first-order valence-corrected chi connectivity index (χ1v) is 8.78. The molecule has 1 aliphatic rings. The molecule has 0 aromatic heterocycles. The van der Waals surface area contributed by atoms with E-state index in [0.29, 0.717) is 25.2 Å². The van der Waals surface area contributed by atoms with Gasteiger partial charge in [-0.15, -0.1) is 0 Å². The number of ether oxygens (including phenoxy) is 1. The lowest BCUT2D eigenvalue weighted by Crippen LogP contribution is -2.48. The van der Waals surface area contributed by atoms with Crippen molar-refractivity contribution in [2.45, 2.75) is 58.2 Å². The molecule has 2 unspecified atom stereocenters. The van der Waals surface area contributed by atoms with Crippen LogP contribution in [0, 0.1) is 0 Å². The zero-order valence-corrected chi connectivity index (χ0v) is 14.7. The van der Waals surface area contributed by atoms with Gasteiger partial charge in [-0.05, 0) is 32.3 Å². The Kier molecular flexibility index (Phi) is 7.25. The summed E-state index contributed by atoms with van der Waals surface area (Å²) in [7, 11) is 0. The Labute approximate surface area is 144 Å². The molecule has 2 rings (SSSR count). The Hall–Kier alpha value is -1.88. The second-order valence-electron chi connectivity index (χ2n) is 6.55. The summed E-state index contributed by atoms with van der Waals surface area (Å²) >= 11 is 0. The molecule has 1 aromatic rings. The lowest BCUT2D eigenvalue weighted by molar-refractivity contribution is -0.144. The zero-order valence-electron chi connectivity index (χ0n) is 14.7. The fourth-order valence-electron chi connectivity index (χ4n) is 3.12. The van der Waals surface area contributed by atoms with E-state index in [1.54, 1.807) is 0 Å². The number of benzene rings is 1. The number of hydrogen-bond acceptors (Lipinski definition) is 4. The van der Waals surface area contributed by atoms with E-state index in [-0.39, 0.29) is 24.9 Å². The third-order valence-electron chi connectivity index (χ3n) is 4.60. The molecular weight excluding hydrogens is 305 g/mol. The van der Waals surface area contributed by atoms with Crippen LogP contribution in [-0.4, -0.2) is 41.9 Å². The van der Waals surface area contributed by atoms with E-state index in [9.17, 15) is 9.59 Å². The van der Waals surface area contributed by atoms with Crippen molar-refractivity contribution in [1.82, 2.24) is 10.2 Å². The summed E-state index contributed by atoms with van der Waals surface area (Å²) in [5.41, 5.74) is 0.961. The van der Waals surface area contributed by atoms with Crippen molar-refractivity contribution in [1.29, 1.82) is 0 Å². The number of rotatable bonds is 7. The molecule has 5 heteroatoms. The predicted molar refractivity (Wildman–Crippen MR) is 93.3 cm³/mol. The van der Waals surface area contributed by atoms with Gasteiger partial charge in [-0.1, -0.05) is 36.8 Å². The normalized spacial score (nSPS) is 21.2. The third-order valence-corrected chi connectivity index (χ3v) is 4.60. The summed E-state index contributed by atoms with van der Waals surface area (Å²) in [6.07, 6.45) is 3.71. The number of nitrogens with one attached hydrogen (secondary N) is 1. The minimum absolute atomic E-state index is 0.0218. The number of carbonyl (C=O) groups is 2. The number of esters is 1. The molecule has 0 saturated carbocycles. The van der Waals surface area contributed by atoms with Gasteiger partial charge in [-0.25, -0.2) is 0 Å². The van der Waals surface area contributed by atoms with Gasteiger partial charge in [0, 0.05) is 18.6 Å². The summed E-state index contributed by atoms with van der Waals surface area (Å²) in [5.74, 6) is -0.315. The molecule has 132 valence electrons. The van der Waals surface area contributed by atoms with Gasteiger partial charge in [0.1, 0.15) is 6.61 Å². The van der Waals surface area contributed by atoms with Crippen LogP contribution in [-0.2, 0) is 20.9 Å². The van der Waals surface area contributed by atoms with Crippen molar-refractivity contribution in [3.05, 3.63) is 35.9 Å². The molecule has 24 heavy (non-hydrogen) atoms. The molecule has 1 heterocycles. The van der Waals surface area contributed by atoms with E-state index in [2.05, 4.69) is 24.1 Å². The van der Waals surface area contributed by atoms with Gasteiger partial charge >= 0.3 is 5.97 Å². The lowest BCUT2D eigenvalue weighted by atomic mass is 10.1. The smallest absolute Gasteiger partial charge is 0.307 e. The maximum atomic E-state index is 12.1. The Morgan fingerprint density at radius 1 is 1.17 bits per heavy atom. The molecule has 0 spiro atoms. The quantitative estimate of drug-likeness (QED) is 0.615. The second kappa shape index (κ2) is 9.42. The molecule has 1 aromatic carbocycles. The van der Waals surface area contributed by atoms with Gasteiger partial charge < -0.3 is 10.1 Å². The molecule has 1 fully saturated rings.